The fourth-order valence-corrected chi connectivity index (χ4v) is 2.39. The van der Waals surface area contributed by atoms with E-state index in [2.05, 4.69) is 6.92 Å². The van der Waals surface area contributed by atoms with Crippen LogP contribution in [0.1, 0.15) is 90.4 Å². The van der Waals surface area contributed by atoms with Crippen LogP contribution in [0, 0.1) is 10.1 Å². The predicted molar refractivity (Wildman–Crippen MR) is 91.1 cm³/mol. The number of Topliss-reactive ketones (excluding diaryl/α,β-unsaturated/α-hetero) is 1. The van der Waals surface area contributed by atoms with Crippen molar-refractivity contribution in [1.82, 2.24) is 0 Å². The van der Waals surface area contributed by atoms with Crippen LogP contribution in [0.15, 0.2) is 0 Å². The number of carbonyl (C=O) groups is 1. The number of nitro groups is 1. The summed E-state index contributed by atoms with van der Waals surface area (Å²) in [6, 6.07) is 0. The molecule has 0 aromatic rings. The molecule has 0 bridgehead atoms. The maximum atomic E-state index is 11.1. The first-order valence-corrected chi connectivity index (χ1v) is 8.30. The molecule has 0 radical (unpaired) electrons. The second-order valence-electron chi connectivity index (χ2n) is 5.67. The molecule has 5 heteroatoms. The van der Waals surface area contributed by atoms with Gasteiger partial charge in [-0.3, -0.25) is 14.9 Å². The zero-order valence-corrected chi connectivity index (χ0v) is 13.1. The second-order valence-corrected chi connectivity index (χ2v) is 5.67. The first-order chi connectivity index (χ1) is 9.66. The Balaban J connectivity index is 0. The Bertz CT molecular complexity index is 260. The summed E-state index contributed by atoms with van der Waals surface area (Å²) >= 11 is 0. The molecule has 0 heterocycles. The summed E-state index contributed by atoms with van der Waals surface area (Å²) in [5.41, 5.74) is 0. The van der Waals surface area contributed by atoms with Gasteiger partial charge in [-0.15, -0.1) is 0 Å². The molecular formula is C16H33CaNO3. The zero-order valence-electron chi connectivity index (χ0n) is 13.1. The molecule has 0 spiro atoms. The third kappa shape index (κ3) is 20.3. The standard InChI is InChI=1S/C16H31NO3.Ca.2H/c1-2-3-4-5-6-7-8-9-10-11-12-13-14-16(18)15-17(19)20;;;/h2-15H2,1H3;;;. The molecule has 0 aliphatic rings. The third-order valence-corrected chi connectivity index (χ3v) is 3.61. The summed E-state index contributed by atoms with van der Waals surface area (Å²) < 4.78 is 0. The Labute approximate surface area is 159 Å². The Hall–Kier alpha value is 0.330. The second kappa shape index (κ2) is 18.4. The van der Waals surface area contributed by atoms with Crippen molar-refractivity contribution in [2.75, 3.05) is 6.54 Å². The fourth-order valence-electron chi connectivity index (χ4n) is 2.39. The van der Waals surface area contributed by atoms with Crippen LogP contribution < -0.4 is 0 Å². The van der Waals surface area contributed by atoms with Crippen molar-refractivity contribution < 1.29 is 9.72 Å². The van der Waals surface area contributed by atoms with Crippen molar-refractivity contribution in [3.05, 3.63) is 10.1 Å². The number of carbonyl (C=O) groups excluding carboxylic acids is 1. The molecule has 0 saturated heterocycles. The van der Waals surface area contributed by atoms with E-state index in [0.29, 0.717) is 6.42 Å². The van der Waals surface area contributed by atoms with Crippen molar-refractivity contribution in [3.8, 4) is 0 Å². The topological polar surface area (TPSA) is 60.2 Å². The van der Waals surface area contributed by atoms with E-state index in [1.807, 2.05) is 0 Å². The van der Waals surface area contributed by atoms with Crippen molar-refractivity contribution in [1.29, 1.82) is 0 Å². The van der Waals surface area contributed by atoms with Crippen LogP contribution in [0.2, 0.25) is 0 Å². The van der Waals surface area contributed by atoms with E-state index >= 15 is 0 Å². The van der Waals surface area contributed by atoms with Gasteiger partial charge in [-0.1, -0.05) is 77.6 Å². The minimum atomic E-state index is -0.539. The number of unbranched alkanes of at least 4 members (excludes halogenated alkanes) is 11. The number of ketones is 1. The molecule has 0 rings (SSSR count). The van der Waals surface area contributed by atoms with Crippen LogP contribution in [0.4, 0.5) is 0 Å². The van der Waals surface area contributed by atoms with E-state index in [4.69, 9.17) is 0 Å². The summed E-state index contributed by atoms with van der Waals surface area (Å²) in [6.07, 6.45) is 15.4. The van der Waals surface area contributed by atoms with E-state index < -0.39 is 11.5 Å². The van der Waals surface area contributed by atoms with E-state index in [-0.39, 0.29) is 43.5 Å². The van der Waals surface area contributed by atoms with Crippen LogP contribution in [0.3, 0.4) is 0 Å². The first kappa shape index (κ1) is 23.6. The molecule has 0 aromatic heterocycles. The third-order valence-electron chi connectivity index (χ3n) is 3.61. The molecule has 4 nitrogen and oxygen atoms in total. The van der Waals surface area contributed by atoms with Crippen LogP contribution in [-0.2, 0) is 4.79 Å². The minimum absolute atomic E-state index is 0. The van der Waals surface area contributed by atoms with Gasteiger partial charge >= 0.3 is 37.7 Å². The maximum absolute atomic E-state index is 11.1. The van der Waals surface area contributed by atoms with Gasteiger partial charge in [0.15, 0.2) is 0 Å². The molecule has 0 aliphatic carbocycles. The average molecular weight is 328 g/mol. The monoisotopic (exact) mass is 327 g/mol. The summed E-state index contributed by atoms with van der Waals surface area (Å²) in [7, 11) is 0. The van der Waals surface area contributed by atoms with Crippen LogP contribution >= 0.6 is 0 Å². The van der Waals surface area contributed by atoms with Gasteiger partial charge in [-0.25, -0.2) is 0 Å². The molecule has 0 aliphatic heterocycles. The Morgan fingerprint density at radius 1 is 0.810 bits per heavy atom. The number of hydrogen-bond donors (Lipinski definition) is 0. The zero-order chi connectivity index (χ0) is 15.1. The molecule has 0 amide bonds. The SMILES string of the molecule is CCCCCCCCCCCCCCC(=O)C[N+](=O)[O-].[CaH2]. The molecule has 0 fully saturated rings. The van der Waals surface area contributed by atoms with E-state index in [1.54, 1.807) is 0 Å². The van der Waals surface area contributed by atoms with E-state index in [0.717, 1.165) is 19.3 Å². The molecule has 0 N–H and O–H groups in total. The van der Waals surface area contributed by atoms with Crippen LogP contribution in [0.25, 0.3) is 0 Å². The summed E-state index contributed by atoms with van der Waals surface area (Å²) in [5, 5.41) is 10.1. The summed E-state index contributed by atoms with van der Waals surface area (Å²) in [6.45, 7) is 1.74. The van der Waals surface area contributed by atoms with E-state index in [1.165, 1.54) is 57.8 Å². The van der Waals surface area contributed by atoms with Gasteiger partial charge in [-0.2, -0.15) is 0 Å². The molecular weight excluding hydrogens is 294 g/mol. The molecule has 122 valence electrons. The summed E-state index contributed by atoms with van der Waals surface area (Å²) in [5.74, 6) is -0.234. The van der Waals surface area contributed by atoms with Gasteiger partial charge < -0.3 is 0 Å². The predicted octanol–water partition coefficient (Wildman–Crippen LogP) is 4.01. The van der Waals surface area contributed by atoms with Gasteiger partial charge in [0.2, 0.25) is 5.78 Å². The number of nitrogens with zero attached hydrogens (tertiary/aromatic N) is 1. The normalized spacial score (nSPS) is 10.1. The molecule has 0 aromatic carbocycles. The Morgan fingerprint density at radius 3 is 1.57 bits per heavy atom. The van der Waals surface area contributed by atoms with E-state index in [9.17, 15) is 14.9 Å². The van der Waals surface area contributed by atoms with Crippen LogP contribution in [0.5, 0.6) is 0 Å². The molecule has 0 unspecified atom stereocenters. The van der Waals surface area contributed by atoms with Gasteiger partial charge in [0, 0.05) is 11.3 Å². The van der Waals surface area contributed by atoms with Crippen LogP contribution in [-0.4, -0.2) is 55.0 Å². The Kier molecular flexibility index (Phi) is 20.6. The number of hydrogen-bond acceptors (Lipinski definition) is 3. The van der Waals surface area contributed by atoms with Crippen molar-refractivity contribution in [2.45, 2.75) is 90.4 Å². The summed E-state index contributed by atoms with van der Waals surface area (Å²) in [4.78, 5) is 20.7. The first-order valence-electron chi connectivity index (χ1n) is 8.30. The Morgan fingerprint density at radius 2 is 1.19 bits per heavy atom. The van der Waals surface area contributed by atoms with Gasteiger partial charge in [0.05, 0.1) is 0 Å². The van der Waals surface area contributed by atoms with Gasteiger partial charge in [0.1, 0.15) is 0 Å². The fraction of sp³-hybridized carbons (Fsp3) is 0.938. The molecule has 0 atom stereocenters. The molecule has 0 saturated carbocycles. The molecule has 21 heavy (non-hydrogen) atoms. The van der Waals surface area contributed by atoms with Crippen molar-refractivity contribution in [3.63, 3.8) is 0 Å². The van der Waals surface area contributed by atoms with Crippen molar-refractivity contribution >= 4 is 43.5 Å². The van der Waals surface area contributed by atoms with Gasteiger partial charge in [0.25, 0.3) is 6.54 Å². The quantitative estimate of drug-likeness (QED) is 0.198. The van der Waals surface area contributed by atoms with Gasteiger partial charge in [-0.05, 0) is 6.42 Å². The average Bonchev–Trinajstić information content (AvgIpc) is 2.39. The van der Waals surface area contributed by atoms with Crippen molar-refractivity contribution in [2.24, 2.45) is 0 Å². The number of rotatable bonds is 15.